The largest absolute Gasteiger partial charge is 0.481 e. The number of amides is 1. The molecule has 23 heavy (non-hydrogen) atoms. The number of allylic oxidation sites excluding steroid dienone is 2. The normalized spacial score (nSPS) is 21.1. The average molecular weight is 315 g/mol. The average Bonchev–Trinajstić information content (AvgIpc) is 2.54. The van der Waals surface area contributed by atoms with Crippen molar-refractivity contribution in [3.05, 3.63) is 47.0 Å². The molecule has 2 atom stereocenters. The maximum atomic E-state index is 12.4. The van der Waals surface area contributed by atoms with E-state index in [0.29, 0.717) is 19.4 Å². The third-order valence-corrected chi connectivity index (χ3v) is 4.70. The highest BCUT2D eigenvalue weighted by atomic mass is 16.4. The molecule has 0 aliphatic heterocycles. The van der Waals surface area contributed by atoms with Crippen molar-refractivity contribution in [2.24, 2.45) is 11.8 Å². The van der Waals surface area contributed by atoms with E-state index in [1.165, 1.54) is 5.56 Å². The Kier molecular flexibility index (Phi) is 5.97. The fraction of sp³-hybridized carbons (Fsp3) is 0.474. The molecule has 2 unspecified atom stereocenters. The van der Waals surface area contributed by atoms with Gasteiger partial charge in [0.1, 0.15) is 0 Å². The maximum Gasteiger partial charge on any atom is 0.307 e. The number of carboxylic acid groups (broad SMARTS) is 1. The lowest BCUT2D eigenvalue weighted by Crippen LogP contribution is -2.40. The molecule has 1 aliphatic carbocycles. The van der Waals surface area contributed by atoms with Gasteiger partial charge in [-0.3, -0.25) is 9.59 Å². The molecule has 0 spiro atoms. The Balaban J connectivity index is 1.85. The number of carbonyl (C=O) groups is 2. The van der Waals surface area contributed by atoms with E-state index in [-0.39, 0.29) is 5.91 Å². The van der Waals surface area contributed by atoms with Gasteiger partial charge < -0.3 is 10.4 Å². The summed E-state index contributed by atoms with van der Waals surface area (Å²) >= 11 is 0. The summed E-state index contributed by atoms with van der Waals surface area (Å²) in [4.78, 5) is 23.8. The number of aliphatic carboxylic acids is 1. The molecule has 124 valence electrons. The molecular formula is C19H25NO3. The van der Waals surface area contributed by atoms with Crippen LogP contribution in [-0.2, 0) is 16.0 Å². The van der Waals surface area contributed by atoms with E-state index in [9.17, 15) is 14.7 Å². The molecule has 0 aromatic heterocycles. The molecule has 2 rings (SSSR count). The molecule has 0 saturated heterocycles. The summed E-state index contributed by atoms with van der Waals surface area (Å²) < 4.78 is 0. The monoisotopic (exact) mass is 315 g/mol. The highest BCUT2D eigenvalue weighted by Crippen LogP contribution is 2.34. The summed E-state index contributed by atoms with van der Waals surface area (Å²) in [6.45, 7) is 4.53. The summed E-state index contributed by atoms with van der Waals surface area (Å²) in [5, 5.41) is 12.3. The van der Waals surface area contributed by atoms with Gasteiger partial charge in [0, 0.05) is 6.54 Å². The number of nitrogens with one attached hydrogen (secondary N) is 1. The van der Waals surface area contributed by atoms with Crippen LogP contribution in [0.5, 0.6) is 0 Å². The molecular weight excluding hydrogens is 290 g/mol. The van der Waals surface area contributed by atoms with Crippen LogP contribution >= 0.6 is 0 Å². The number of carboxylic acids is 1. The van der Waals surface area contributed by atoms with Gasteiger partial charge in [0.05, 0.1) is 11.8 Å². The minimum atomic E-state index is -0.874. The molecule has 2 N–H and O–H groups in total. The van der Waals surface area contributed by atoms with Crippen LogP contribution in [0.3, 0.4) is 0 Å². The Bertz CT molecular complexity index is 592. The van der Waals surface area contributed by atoms with Crippen molar-refractivity contribution >= 4 is 11.9 Å². The first-order valence-corrected chi connectivity index (χ1v) is 8.18. The Morgan fingerprint density at radius 2 is 1.70 bits per heavy atom. The maximum absolute atomic E-state index is 12.4. The molecule has 0 heterocycles. The molecule has 0 radical (unpaired) electrons. The SMILES string of the molecule is CC1=C(C)CC(C(=O)NCCCc2ccccc2)C(C(=O)O)C1. The highest BCUT2D eigenvalue weighted by Gasteiger charge is 2.36. The van der Waals surface area contributed by atoms with Gasteiger partial charge in [-0.15, -0.1) is 0 Å². The molecule has 4 nitrogen and oxygen atoms in total. The van der Waals surface area contributed by atoms with Gasteiger partial charge in [-0.05, 0) is 45.1 Å². The van der Waals surface area contributed by atoms with Gasteiger partial charge in [0.25, 0.3) is 0 Å². The number of hydrogen-bond acceptors (Lipinski definition) is 2. The third-order valence-electron chi connectivity index (χ3n) is 4.70. The lowest BCUT2D eigenvalue weighted by molar-refractivity contribution is -0.147. The van der Waals surface area contributed by atoms with Crippen LogP contribution in [0.15, 0.2) is 41.5 Å². The van der Waals surface area contributed by atoms with Crippen LogP contribution in [-0.4, -0.2) is 23.5 Å². The molecule has 1 aliphatic rings. The Morgan fingerprint density at radius 1 is 1.09 bits per heavy atom. The van der Waals surface area contributed by atoms with E-state index < -0.39 is 17.8 Å². The van der Waals surface area contributed by atoms with E-state index in [1.807, 2.05) is 32.0 Å². The van der Waals surface area contributed by atoms with Crippen molar-refractivity contribution in [1.82, 2.24) is 5.32 Å². The molecule has 0 saturated carbocycles. The van der Waals surface area contributed by atoms with E-state index in [0.717, 1.165) is 24.0 Å². The standard InChI is InChI=1S/C19H25NO3/c1-13-11-16(17(19(22)23)12-14(13)2)18(21)20-10-6-9-15-7-4-3-5-8-15/h3-5,7-8,16-17H,6,9-12H2,1-2H3,(H,20,21)(H,22,23). The van der Waals surface area contributed by atoms with Crippen molar-refractivity contribution < 1.29 is 14.7 Å². The number of carbonyl (C=O) groups excluding carboxylic acids is 1. The predicted molar refractivity (Wildman–Crippen MR) is 90.0 cm³/mol. The van der Waals surface area contributed by atoms with Crippen LogP contribution < -0.4 is 5.32 Å². The van der Waals surface area contributed by atoms with Crippen molar-refractivity contribution in [2.75, 3.05) is 6.54 Å². The van der Waals surface area contributed by atoms with Crippen molar-refractivity contribution in [3.8, 4) is 0 Å². The van der Waals surface area contributed by atoms with E-state index in [1.54, 1.807) is 0 Å². The van der Waals surface area contributed by atoms with Crippen LogP contribution in [0.1, 0.15) is 38.7 Å². The predicted octanol–water partition coefficient (Wildman–Crippen LogP) is 3.18. The molecule has 1 amide bonds. The summed E-state index contributed by atoms with van der Waals surface area (Å²) in [5.41, 5.74) is 3.50. The summed E-state index contributed by atoms with van der Waals surface area (Å²) in [6, 6.07) is 10.1. The number of rotatable bonds is 6. The van der Waals surface area contributed by atoms with Gasteiger partial charge in [-0.1, -0.05) is 41.5 Å². The Morgan fingerprint density at radius 3 is 2.30 bits per heavy atom. The summed E-state index contributed by atoms with van der Waals surface area (Å²) in [7, 11) is 0. The molecule has 0 bridgehead atoms. The lowest BCUT2D eigenvalue weighted by Gasteiger charge is -2.29. The first-order chi connectivity index (χ1) is 11.0. The second-order valence-corrected chi connectivity index (χ2v) is 6.40. The molecule has 1 aromatic rings. The first-order valence-electron chi connectivity index (χ1n) is 8.18. The zero-order valence-corrected chi connectivity index (χ0v) is 13.8. The molecule has 1 aromatic carbocycles. The van der Waals surface area contributed by atoms with Crippen LogP contribution in [0.25, 0.3) is 0 Å². The van der Waals surface area contributed by atoms with Gasteiger partial charge >= 0.3 is 5.97 Å². The van der Waals surface area contributed by atoms with Crippen LogP contribution in [0.2, 0.25) is 0 Å². The number of benzene rings is 1. The molecule has 4 heteroatoms. The van der Waals surface area contributed by atoms with Crippen molar-refractivity contribution in [1.29, 1.82) is 0 Å². The second-order valence-electron chi connectivity index (χ2n) is 6.40. The van der Waals surface area contributed by atoms with E-state index >= 15 is 0 Å². The lowest BCUT2D eigenvalue weighted by atomic mass is 9.76. The minimum Gasteiger partial charge on any atom is -0.481 e. The smallest absolute Gasteiger partial charge is 0.307 e. The topological polar surface area (TPSA) is 66.4 Å². The third kappa shape index (κ3) is 4.68. The van der Waals surface area contributed by atoms with Crippen molar-refractivity contribution in [3.63, 3.8) is 0 Å². The fourth-order valence-electron chi connectivity index (χ4n) is 3.11. The summed E-state index contributed by atoms with van der Waals surface area (Å²) in [5.74, 6) is -2.06. The van der Waals surface area contributed by atoms with Crippen LogP contribution in [0.4, 0.5) is 0 Å². The quantitative estimate of drug-likeness (QED) is 0.626. The second kappa shape index (κ2) is 7.95. The zero-order valence-electron chi connectivity index (χ0n) is 13.8. The fourth-order valence-corrected chi connectivity index (χ4v) is 3.11. The van der Waals surface area contributed by atoms with Gasteiger partial charge in [-0.2, -0.15) is 0 Å². The highest BCUT2D eigenvalue weighted by molar-refractivity contribution is 5.85. The number of hydrogen-bond donors (Lipinski definition) is 2. The Hall–Kier alpha value is -2.10. The molecule has 0 fully saturated rings. The summed E-state index contributed by atoms with van der Waals surface area (Å²) in [6.07, 6.45) is 2.79. The first kappa shape index (κ1) is 17.3. The minimum absolute atomic E-state index is 0.127. The van der Waals surface area contributed by atoms with Gasteiger partial charge in [0.15, 0.2) is 0 Å². The van der Waals surface area contributed by atoms with Gasteiger partial charge in [0.2, 0.25) is 5.91 Å². The van der Waals surface area contributed by atoms with E-state index in [4.69, 9.17) is 0 Å². The zero-order chi connectivity index (χ0) is 16.8. The van der Waals surface area contributed by atoms with Crippen LogP contribution in [0, 0.1) is 11.8 Å². The number of aryl methyl sites for hydroxylation is 1. The Labute approximate surface area is 137 Å². The van der Waals surface area contributed by atoms with Gasteiger partial charge in [-0.25, -0.2) is 0 Å². The van der Waals surface area contributed by atoms with E-state index in [2.05, 4.69) is 17.4 Å². The van der Waals surface area contributed by atoms with Crippen molar-refractivity contribution in [2.45, 2.75) is 39.5 Å².